The van der Waals surface area contributed by atoms with Gasteiger partial charge >= 0.3 is 0 Å². The molecule has 0 aliphatic rings. The Hall–Kier alpha value is -2.91. The fraction of sp³-hybridized carbons (Fsp3) is 0.348. The Morgan fingerprint density at radius 1 is 1.22 bits per heavy atom. The number of thiophene rings is 1. The van der Waals surface area contributed by atoms with E-state index in [1.807, 2.05) is 18.2 Å². The monoisotopic (exact) mass is 470 g/mol. The maximum Gasteiger partial charge on any atom is 0.278 e. The number of methoxy groups -OCH3 is 1. The SMILES string of the molecule is COc1ccc2[nH]c3c(=O)n(CCCCC(=O)NCCc4sccc4C)c(=S)[nH]c3c2c1. The molecular weight excluding hydrogens is 444 g/mol. The van der Waals surface area contributed by atoms with E-state index in [1.54, 1.807) is 23.0 Å². The molecule has 0 radical (unpaired) electrons. The van der Waals surface area contributed by atoms with Crippen LogP contribution in [0, 0.1) is 11.7 Å². The van der Waals surface area contributed by atoms with Crippen LogP contribution in [0.3, 0.4) is 0 Å². The highest BCUT2D eigenvalue weighted by molar-refractivity contribution is 7.71. The van der Waals surface area contributed by atoms with Crippen LogP contribution in [0.15, 0.2) is 34.4 Å². The first-order valence-corrected chi connectivity index (χ1v) is 11.9. The van der Waals surface area contributed by atoms with Crippen molar-refractivity contribution in [1.82, 2.24) is 19.9 Å². The number of nitrogens with one attached hydrogen (secondary N) is 3. The second-order valence-electron chi connectivity index (χ2n) is 7.76. The van der Waals surface area contributed by atoms with Crippen molar-refractivity contribution in [2.75, 3.05) is 13.7 Å². The Kier molecular flexibility index (Phi) is 6.76. The number of hydrogen-bond acceptors (Lipinski definition) is 5. The summed E-state index contributed by atoms with van der Waals surface area (Å²) < 4.78 is 7.22. The molecule has 0 fully saturated rings. The smallest absolute Gasteiger partial charge is 0.278 e. The van der Waals surface area contributed by atoms with Crippen molar-refractivity contribution in [3.63, 3.8) is 0 Å². The number of H-pyrrole nitrogens is 2. The minimum atomic E-state index is -0.158. The Balaban J connectivity index is 1.35. The van der Waals surface area contributed by atoms with E-state index >= 15 is 0 Å². The molecule has 0 aliphatic carbocycles. The Labute approximate surface area is 194 Å². The summed E-state index contributed by atoms with van der Waals surface area (Å²) in [5.41, 5.74) is 3.14. The number of ether oxygens (including phenoxy) is 1. The molecule has 168 valence electrons. The largest absolute Gasteiger partial charge is 0.497 e. The molecule has 0 saturated carbocycles. The van der Waals surface area contributed by atoms with Crippen LogP contribution < -0.4 is 15.6 Å². The van der Waals surface area contributed by atoms with Crippen LogP contribution in [-0.4, -0.2) is 34.1 Å². The average Bonchev–Trinajstić information content (AvgIpc) is 3.36. The fourth-order valence-corrected chi connectivity index (χ4v) is 5.00. The van der Waals surface area contributed by atoms with Crippen molar-refractivity contribution in [2.45, 2.75) is 39.2 Å². The van der Waals surface area contributed by atoms with Crippen LogP contribution in [-0.2, 0) is 17.8 Å². The van der Waals surface area contributed by atoms with Gasteiger partial charge in [0.05, 0.1) is 12.6 Å². The van der Waals surface area contributed by atoms with E-state index in [-0.39, 0.29) is 11.5 Å². The number of fused-ring (bicyclic) bond motifs is 3. The number of hydrogen-bond donors (Lipinski definition) is 3. The highest BCUT2D eigenvalue weighted by Crippen LogP contribution is 2.25. The standard InChI is InChI=1S/C23H26N4O3S2/c1-14-9-12-32-18(14)8-10-24-19(28)5-3-4-11-27-22(29)21-20(26-23(27)31)16-13-15(30-2)6-7-17(16)25-21/h6-7,9,12-13,25H,3-5,8,10-11H2,1-2H3,(H,24,28)(H,26,31). The van der Waals surface area contributed by atoms with Crippen molar-refractivity contribution in [3.8, 4) is 5.75 Å². The first-order chi connectivity index (χ1) is 15.5. The van der Waals surface area contributed by atoms with Crippen molar-refractivity contribution < 1.29 is 9.53 Å². The third-order valence-corrected chi connectivity index (χ3v) is 7.03. The average molecular weight is 471 g/mol. The number of rotatable bonds is 9. The number of nitrogens with zero attached hydrogens (tertiary/aromatic N) is 1. The number of benzene rings is 1. The van der Waals surface area contributed by atoms with E-state index in [1.165, 1.54) is 10.4 Å². The van der Waals surface area contributed by atoms with Gasteiger partial charge in [0.1, 0.15) is 11.3 Å². The van der Waals surface area contributed by atoms with Gasteiger partial charge in [-0.05, 0) is 73.6 Å². The summed E-state index contributed by atoms with van der Waals surface area (Å²) in [5, 5.41) is 5.91. The molecule has 4 aromatic rings. The molecule has 7 nitrogen and oxygen atoms in total. The van der Waals surface area contributed by atoms with E-state index in [2.05, 4.69) is 33.7 Å². The molecule has 0 spiro atoms. The second kappa shape index (κ2) is 9.70. The molecule has 0 saturated heterocycles. The van der Waals surface area contributed by atoms with E-state index in [0.29, 0.717) is 53.9 Å². The third kappa shape index (κ3) is 4.63. The molecule has 3 aromatic heterocycles. The minimum Gasteiger partial charge on any atom is -0.497 e. The zero-order valence-corrected chi connectivity index (χ0v) is 19.8. The summed E-state index contributed by atoms with van der Waals surface area (Å²) in [4.78, 5) is 32.8. The summed E-state index contributed by atoms with van der Waals surface area (Å²) in [6.07, 6.45) is 2.67. The van der Waals surface area contributed by atoms with Gasteiger partial charge in [0.25, 0.3) is 5.56 Å². The second-order valence-corrected chi connectivity index (χ2v) is 9.14. The highest BCUT2D eigenvalue weighted by atomic mass is 32.1. The number of amides is 1. The third-order valence-electron chi connectivity index (χ3n) is 5.62. The topological polar surface area (TPSA) is 91.9 Å². The summed E-state index contributed by atoms with van der Waals surface area (Å²) >= 11 is 7.17. The lowest BCUT2D eigenvalue weighted by Crippen LogP contribution is -2.26. The van der Waals surface area contributed by atoms with Crippen LogP contribution in [0.5, 0.6) is 5.75 Å². The van der Waals surface area contributed by atoms with Gasteiger partial charge in [-0.15, -0.1) is 11.3 Å². The van der Waals surface area contributed by atoms with Crippen LogP contribution in [0.4, 0.5) is 0 Å². The lowest BCUT2D eigenvalue weighted by Gasteiger charge is -2.07. The predicted molar refractivity (Wildman–Crippen MR) is 131 cm³/mol. The first-order valence-electron chi connectivity index (χ1n) is 10.6. The summed E-state index contributed by atoms with van der Waals surface area (Å²) in [7, 11) is 1.61. The molecule has 32 heavy (non-hydrogen) atoms. The Morgan fingerprint density at radius 2 is 2.06 bits per heavy atom. The molecule has 9 heteroatoms. The zero-order chi connectivity index (χ0) is 22.7. The number of unbranched alkanes of at least 4 members (excludes halogenated alkanes) is 1. The maximum absolute atomic E-state index is 13.0. The first kappa shape index (κ1) is 22.3. The van der Waals surface area contributed by atoms with Crippen molar-refractivity contribution >= 4 is 51.4 Å². The molecule has 0 atom stereocenters. The molecular formula is C23H26N4O3S2. The van der Waals surface area contributed by atoms with Gasteiger partial charge < -0.3 is 20.0 Å². The number of carbonyl (C=O) groups excluding carboxylic acids is 1. The summed E-state index contributed by atoms with van der Waals surface area (Å²) in [6, 6.07) is 7.70. The molecule has 0 aliphatic heterocycles. The van der Waals surface area contributed by atoms with E-state index in [9.17, 15) is 9.59 Å². The van der Waals surface area contributed by atoms with E-state index in [4.69, 9.17) is 17.0 Å². The lowest BCUT2D eigenvalue weighted by atomic mass is 10.2. The molecule has 4 rings (SSSR count). The Bertz CT molecular complexity index is 1380. The maximum atomic E-state index is 13.0. The van der Waals surface area contributed by atoms with Gasteiger partial charge in [0.2, 0.25) is 5.91 Å². The number of aromatic nitrogens is 3. The molecule has 3 N–H and O–H groups in total. The summed E-state index contributed by atoms with van der Waals surface area (Å²) in [5.74, 6) is 0.752. The molecule has 0 bridgehead atoms. The fourth-order valence-electron chi connectivity index (χ4n) is 3.81. The van der Waals surface area contributed by atoms with Gasteiger partial charge in [-0.3, -0.25) is 14.2 Å². The summed E-state index contributed by atoms with van der Waals surface area (Å²) in [6.45, 7) is 3.20. The van der Waals surface area contributed by atoms with Gasteiger partial charge in [-0.2, -0.15) is 0 Å². The Morgan fingerprint density at radius 3 is 2.81 bits per heavy atom. The molecule has 1 amide bonds. The highest BCUT2D eigenvalue weighted by Gasteiger charge is 2.12. The van der Waals surface area contributed by atoms with Crippen LogP contribution in [0.2, 0.25) is 0 Å². The normalized spacial score (nSPS) is 11.3. The molecule has 1 aromatic carbocycles. The molecule has 0 unspecified atom stereocenters. The van der Waals surface area contributed by atoms with Crippen LogP contribution in [0.25, 0.3) is 21.9 Å². The van der Waals surface area contributed by atoms with Gasteiger partial charge in [0.15, 0.2) is 4.77 Å². The predicted octanol–water partition coefficient (Wildman–Crippen LogP) is 4.45. The van der Waals surface area contributed by atoms with E-state index < -0.39 is 0 Å². The van der Waals surface area contributed by atoms with Gasteiger partial charge in [0, 0.05) is 35.3 Å². The number of aromatic amines is 2. The van der Waals surface area contributed by atoms with Gasteiger partial charge in [-0.25, -0.2) is 0 Å². The number of aryl methyl sites for hydroxylation is 1. The van der Waals surface area contributed by atoms with Crippen molar-refractivity contribution in [1.29, 1.82) is 0 Å². The van der Waals surface area contributed by atoms with Crippen molar-refractivity contribution in [2.24, 2.45) is 0 Å². The number of carbonyl (C=O) groups is 1. The van der Waals surface area contributed by atoms with Gasteiger partial charge in [-0.1, -0.05) is 0 Å². The molecule has 3 heterocycles. The van der Waals surface area contributed by atoms with Crippen molar-refractivity contribution in [3.05, 3.63) is 55.2 Å². The van der Waals surface area contributed by atoms with Crippen LogP contribution >= 0.6 is 23.6 Å². The van der Waals surface area contributed by atoms with E-state index in [0.717, 1.165) is 17.3 Å². The quantitative estimate of drug-likeness (QED) is 0.249. The zero-order valence-electron chi connectivity index (χ0n) is 18.1. The van der Waals surface area contributed by atoms with Crippen LogP contribution in [0.1, 0.15) is 29.7 Å². The minimum absolute atomic E-state index is 0.0386. The lowest BCUT2D eigenvalue weighted by molar-refractivity contribution is -0.121.